The normalized spacial score (nSPS) is 9.30. The molecule has 0 saturated heterocycles. The van der Waals surface area contributed by atoms with Gasteiger partial charge in [-0.25, -0.2) is 0 Å². The van der Waals surface area contributed by atoms with Crippen molar-refractivity contribution in [1.29, 1.82) is 0 Å². The van der Waals surface area contributed by atoms with Gasteiger partial charge in [-0.1, -0.05) is 70.9 Å². The van der Waals surface area contributed by atoms with E-state index in [4.69, 9.17) is 0 Å². The maximum atomic E-state index is 12.8. The third kappa shape index (κ3) is 9.18. The van der Waals surface area contributed by atoms with Crippen LogP contribution in [-0.4, -0.2) is 17.4 Å². The van der Waals surface area contributed by atoms with Crippen LogP contribution in [0.15, 0.2) is 54.7 Å². The van der Waals surface area contributed by atoms with Crippen molar-refractivity contribution in [3.8, 4) is 0 Å². The Morgan fingerprint density at radius 2 is 1.56 bits per heavy atom. The smallest absolute Gasteiger partial charge is 0.260 e. The van der Waals surface area contributed by atoms with Gasteiger partial charge in [0.15, 0.2) is 0 Å². The lowest BCUT2D eigenvalue weighted by Gasteiger charge is -2.24. The van der Waals surface area contributed by atoms with Gasteiger partial charge in [-0.3, -0.25) is 9.78 Å². The molecule has 148 valence electrons. The van der Waals surface area contributed by atoms with Gasteiger partial charge in [0.2, 0.25) is 0 Å². The molecule has 0 fully saturated rings. The Morgan fingerprint density at radius 3 is 2.00 bits per heavy atom. The molecule has 0 atom stereocenters. The van der Waals surface area contributed by atoms with Crippen molar-refractivity contribution in [2.45, 2.75) is 61.3 Å². The van der Waals surface area contributed by atoms with Crippen molar-refractivity contribution in [2.24, 2.45) is 0 Å². The topological polar surface area (TPSA) is 33.2 Å². The van der Waals surface area contributed by atoms with Gasteiger partial charge >= 0.3 is 0 Å². The number of carbonyl (C=O) groups is 1. The van der Waals surface area contributed by atoms with Gasteiger partial charge in [0.05, 0.1) is 5.56 Å². The van der Waals surface area contributed by atoms with E-state index < -0.39 is 0 Å². The first-order chi connectivity index (χ1) is 12.8. The van der Waals surface area contributed by atoms with E-state index in [1.807, 2.05) is 57.2 Å². The Hall–Kier alpha value is -2.42. The number of amides is 1. The number of aryl methyl sites for hydroxylation is 2. The SMILES string of the molecule is C=C(C)CN(C(=O)c1ccc(C)nc1)c1ccccc1C.CCC.CCC. The average Bonchev–Trinajstić information content (AvgIpc) is 2.62. The van der Waals surface area contributed by atoms with Crippen LogP contribution < -0.4 is 4.90 Å². The van der Waals surface area contributed by atoms with E-state index in [-0.39, 0.29) is 5.91 Å². The molecule has 3 heteroatoms. The van der Waals surface area contributed by atoms with Crippen LogP contribution in [0.4, 0.5) is 5.69 Å². The van der Waals surface area contributed by atoms with Crippen molar-refractivity contribution in [3.63, 3.8) is 0 Å². The van der Waals surface area contributed by atoms with Crippen molar-refractivity contribution < 1.29 is 4.79 Å². The zero-order chi connectivity index (χ0) is 20.8. The van der Waals surface area contributed by atoms with Gasteiger partial charge in [-0.05, 0) is 44.5 Å². The lowest BCUT2D eigenvalue weighted by molar-refractivity contribution is 0.0988. The molecule has 0 bridgehead atoms. The maximum Gasteiger partial charge on any atom is 0.260 e. The summed E-state index contributed by atoms with van der Waals surface area (Å²) < 4.78 is 0. The molecule has 1 aromatic carbocycles. The van der Waals surface area contributed by atoms with Crippen molar-refractivity contribution in [2.75, 3.05) is 11.4 Å². The number of benzene rings is 1. The van der Waals surface area contributed by atoms with Crippen LogP contribution in [0.1, 0.15) is 69.1 Å². The summed E-state index contributed by atoms with van der Waals surface area (Å²) in [6.07, 6.45) is 4.13. The molecule has 1 amide bonds. The fraction of sp³-hybridized carbons (Fsp3) is 0.417. The van der Waals surface area contributed by atoms with E-state index in [1.165, 1.54) is 12.8 Å². The summed E-state index contributed by atoms with van der Waals surface area (Å²) in [6, 6.07) is 11.5. The highest BCUT2D eigenvalue weighted by Gasteiger charge is 2.19. The summed E-state index contributed by atoms with van der Waals surface area (Å²) >= 11 is 0. The summed E-state index contributed by atoms with van der Waals surface area (Å²) in [4.78, 5) is 18.8. The zero-order valence-corrected chi connectivity index (χ0v) is 18.2. The van der Waals surface area contributed by atoms with Crippen LogP contribution in [0.2, 0.25) is 0 Å². The Morgan fingerprint density at radius 1 is 1.00 bits per heavy atom. The molecule has 3 nitrogen and oxygen atoms in total. The van der Waals surface area contributed by atoms with Crippen molar-refractivity contribution in [3.05, 3.63) is 71.6 Å². The van der Waals surface area contributed by atoms with E-state index in [9.17, 15) is 4.79 Å². The largest absolute Gasteiger partial charge is 0.304 e. The second-order valence-corrected chi connectivity index (χ2v) is 6.74. The summed E-state index contributed by atoms with van der Waals surface area (Å²) in [5.74, 6) is -0.0557. The molecule has 1 aromatic heterocycles. The Bertz CT molecular complexity index is 688. The van der Waals surface area contributed by atoms with E-state index in [1.54, 1.807) is 11.1 Å². The highest BCUT2D eigenvalue weighted by Crippen LogP contribution is 2.22. The van der Waals surface area contributed by atoms with E-state index in [0.29, 0.717) is 12.1 Å². The van der Waals surface area contributed by atoms with Gasteiger partial charge in [-0.2, -0.15) is 0 Å². The number of para-hydroxylation sites is 1. The number of nitrogens with zero attached hydrogens (tertiary/aromatic N) is 2. The molecule has 0 saturated carbocycles. The van der Waals surface area contributed by atoms with E-state index in [0.717, 1.165) is 22.5 Å². The first-order valence-corrected chi connectivity index (χ1v) is 9.76. The Kier molecular flexibility index (Phi) is 12.5. The first kappa shape index (κ1) is 24.6. The average molecular weight is 369 g/mol. The van der Waals surface area contributed by atoms with Gasteiger partial charge in [0, 0.05) is 24.1 Å². The highest BCUT2D eigenvalue weighted by atomic mass is 16.2. The summed E-state index contributed by atoms with van der Waals surface area (Å²) in [5.41, 5.74) is 4.39. The monoisotopic (exact) mass is 368 g/mol. The van der Waals surface area contributed by atoms with E-state index >= 15 is 0 Å². The molecule has 0 spiro atoms. The molecular formula is C24H36N2O. The molecule has 2 rings (SSSR count). The highest BCUT2D eigenvalue weighted by molar-refractivity contribution is 6.06. The second kappa shape index (κ2) is 13.7. The minimum Gasteiger partial charge on any atom is -0.304 e. The lowest BCUT2D eigenvalue weighted by Crippen LogP contribution is -2.33. The molecule has 0 N–H and O–H groups in total. The summed E-state index contributed by atoms with van der Waals surface area (Å²) in [7, 11) is 0. The quantitative estimate of drug-likeness (QED) is 0.559. The molecule has 0 aliphatic carbocycles. The number of anilines is 1. The van der Waals surface area contributed by atoms with Crippen LogP contribution in [0, 0.1) is 13.8 Å². The maximum absolute atomic E-state index is 12.8. The van der Waals surface area contributed by atoms with Crippen LogP contribution in [-0.2, 0) is 0 Å². The van der Waals surface area contributed by atoms with Crippen molar-refractivity contribution >= 4 is 11.6 Å². The predicted octanol–water partition coefficient (Wildman–Crippen LogP) is 6.75. The number of hydrogen-bond donors (Lipinski definition) is 0. The second-order valence-electron chi connectivity index (χ2n) is 6.74. The Labute approximate surface area is 166 Å². The van der Waals surface area contributed by atoms with Crippen LogP contribution in [0.5, 0.6) is 0 Å². The van der Waals surface area contributed by atoms with Crippen molar-refractivity contribution in [1.82, 2.24) is 4.98 Å². The third-order valence-corrected chi connectivity index (χ3v) is 3.24. The van der Waals surface area contributed by atoms with Gasteiger partial charge in [0.1, 0.15) is 0 Å². The molecule has 0 unspecified atom stereocenters. The Balaban J connectivity index is 0.000000997. The minimum absolute atomic E-state index is 0.0557. The van der Waals surface area contributed by atoms with E-state index in [2.05, 4.69) is 39.3 Å². The molecule has 0 radical (unpaired) electrons. The fourth-order valence-corrected chi connectivity index (χ4v) is 2.15. The molecule has 27 heavy (non-hydrogen) atoms. The van der Waals surface area contributed by atoms with Gasteiger partial charge < -0.3 is 4.90 Å². The molecule has 2 aromatic rings. The fourth-order valence-electron chi connectivity index (χ4n) is 2.15. The molecule has 1 heterocycles. The van der Waals surface area contributed by atoms with Crippen LogP contribution in [0.25, 0.3) is 0 Å². The summed E-state index contributed by atoms with van der Waals surface area (Å²) in [6.45, 7) is 18.8. The minimum atomic E-state index is -0.0557. The number of pyridine rings is 1. The number of hydrogen-bond acceptors (Lipinski definition) is 2. The predicted molar refractivity (Wildman–Crippen MR) is 119 cm³/mol. The summed E-state index contributed by atoms with van der Waals surface area (Å²) in [5, 5.41) is 0. The molecule has 0 aliphatic heterocycles. The first-order valence-electron chi connectivity index (χ1n) is 9.76. The lowest BCUT2D eigenvalue weighted by atomic mass is 10.1. The molecular weight excluding hydrogens is 332 g/mol. The van der Waals surface area contributed by atoms with Crippen LogP contribution >= 0.6 is 0 Å². The number of aromatic nitrogens is 1. The number of rotatable bonds is 4. The molecule has 0 aliphatic rings. The third-order valence-electron chi connectivity index (χ3n) is 3.24. The van der Waals surface area contributed by atoms with Crippen LogP contribution in [0.3, 0.4) is 0 Å². The van der Waals surface area contributed by atoms with Gasteiger partial charge in [0.25, 0.3) is 5.91 Å². The zero-order valence-electron chi connectivity index (χ0n) is 18.2. The standard InChI is InChI=1S/C18H20N2O.2C3H8/c1-13(2)12-20(17-8-6-5-7-14(17)3)18(21)16-10-9-15(4)19-11-16;2*1-3-2/h5-11H,1,12H2,2-4H3;2*3H2,1-2H3. The van der Waals surface area contributed by atoms with Gasteiger partial charge in [-0.15, -0.1) is 0 Å². The number of carbonyl (C=O) groups excluding carboxylic acids is 1.